The molecule has 1 rings (SSSR count). The molecule has 1 aromatic carbocycles. The monoisotopic (exact) mass is 291 g/mol. The molecule has 1 aromatic rings. The normalized spacial score (nSPS) is 13.6. The quantitative estimate of drug-likeness (QED) is 0.843. The first kappa shape index (κ1) is 13.5. The van der Waals surface area contributed by atoms with E-state index in [1.165, 1.54) is 0 Å². The first-order valence-corrected chi connectivity index (χ1v) is 5.36. The van der Waals surface area contributed by atoms with Crippen LogP contribution in [0.25, 0.3) is 0 Å². The lowest BCUT2D eigenvalue weighted by atomic mass is 10.1. The predicted octanol–water partition coefficient (Wildman–Crippen LogP) is 3.73. The average Bonchev–Trinajstić information content (AvgIpc) is 2.12. The van der Waals surface area contributed by atoms with E-state index < -0.39 is 34.4 Å². The van der Waals surface area contributed by atoms with Gasteiger partial charge in [0.15, 0.2) is 0 Å². The van der Waals surface area contributed by atoms with Crippen LogP contribution in [-0.4, -0.2) is 11.3 Å². The number of rotatable bonds is 2. The summed E-state index contributed by atoms with van der Waals surface area (Å²) in [6, 6.07) is 1.70. The number of halogens is 5. The molecule has 88 valence electrons. The summed E-state index contributed by atoms with van der Waals surface area (Å²) in [5.41, 5.74) is -0.504. The summed E-state index contributed by atoms with van der Waals surface area (Å²) in [5.74, 6) is -0.552. The number of alkyl halides is 3. The summed E-state index contributed by atoms with van der Waals surface area (Å²) >= 11 is 10.3. The molecule has 0 aliphatic carbocycles. The lowest BCUT2D eigenvalue weighted by molar-refractivity contribution is -0.130. The van der Waals surface area contributed by atoms with E-state index in [2.05, 4.69) is 0 Å². The van der Waals surface area contributed by atoms with Crippen molar-refractivity contribution in [3.05, 3.63) is 27.7 Å². The van der Waals surface area contributed by atoms with Crippen molar-refractivity contribution in [3.63, 3.8) is 0 Å². The second-order valence-electron chi connectivity index (χ2n) is 2.84. The molecule has 0 aliphatic heterocycles. The van der Waals surface area contributed by atoms with Crippen LogP contribution in [-0.2, 0) is 15.9 Å². The SMILES string of the molecule is O=[S+]C(c1cc(O)c(Cl)cc1Cl)C(F)(F)F. The molecule has 1 atom stereocenters. The first-order chi connectivity index (χ1) is 7.27. The Morgan fingerprint density at radius 3 is 2.25 bits per heavy atom. The number of hydrogen-bond acceptors (Lipinski definition) is 2. The zero-order valence-electron chi connectivity index (χ0n) is 7.39. The molecule has 1 N–H and O–H groups in total. The van der Waals surface area contributed by atoms with E-state index in [0.717, 1.165) is 12.1 Å². The Morgan fingerprint density at radius 1 is 1.25 bits per heavy atom. The average molecular weight is 292 g/mol. The molecule has 0 saturated carbocycles. The Balaban J connectivity index is 3.31. The minimum atomic E-state index is -4.74. The van der Waals surface area contributed by atoms with E-state index in [1.807, 2.05) is 0 Å². The van der Waals surface area contributed by atoms with Crippen LogP contribution < -0.4 is 0 Å². The minimum absolute atomic E-state index is 0.175. The van der Waals surface area contributed by atoms with Gasteiger partial charge < -0.3 is 5.11 Å². The van der Waals surface area contributed by atoms with Crippen LogP contribution in [0, 0.1) is 0 Å². The summed E-state index contributed by atoms with van der Waals surface area (Å²) in [6.45, 7) is 0. The highest BCUT2D eigenvalue weighted by Gasteiger charge is 2.53. The van der Waals surface area contributed by atoms with Crippen molar-refractivity contribution in [2.45, 2.75) is 11.4 Å². The van der Waals surface area contributed by atoms with E-state index in [0.29, 0.717) is 0 Å². The molecule has 0 aromatic heterocycles. The standard InChI is InChI=1S/C8H3Cl2F3O2S/c9-4-2-5(10)6(14)1-3(4)7(16-15)8(11,12)13/h1-2,7H/p+1. The molecular weight excluding hydrogens is 288 g/mol. The van der Waals surface area contributed by atoms with Crippen LogP contribution in [0.5, 0.6) is 5.75 Å². The van der Waals surface area contributed by atoms with Gasteiger partial charge >= 0.3 is 23.1 Å². The fourth-order valence-corrected chi connectivity index (χ4v) is 2.00. The zero-order chi connectivity index (χ0) is 12.5. The van der Waals surface area contributed by atoms with Gasteiger partial charge in [-0.05, 0) is 12.1 Å². The van der Waals surface area contributed by atoms with Gasteiger partial charge in [-0.15, -0.1) is 0 Å². The van der Waals surface area contributed by atoms with Gasteiger partial charge in [0.05, 0.1) is 15.6 Å². The van der Waals surface area contributed by atoms with Crippen molar-refractivity contribution in [2.75, 3.05) is 0 Å². The summed E-state index contributed by atoms with van der Waals surface area (Å²) in [7, 11) is 0. The van der Waals surface area contributed by atoms with Crippen LogP contribution >= 0.6 is 23.2 Å². The molecule has 0 spiro atoms. The van der Waals surface area contributed by atoms with Crippen LogP contribution in [0.15, 0.2) is 12.1 Å². The van der Waals surface area contributed by atoms with Crippen LogP contribution in [0.2, 0.25) is 10.0 Å². The van der Waals surface area contributed by atoms with E-state index in [9.17, 15) is 17.4 Å². The molecule has 0 aliphatic rings. The van der Waals surface area contributed by atoms with Crippen LogP contribution in [0.3, 0.4) is 0 Å². The van der Waals surface area contributed by atoms with Gasteiger partial charge in [-0.25, -0.2) is 0 Å². The third kappa shape index (κ3) is 2.75. The molecular formula is C8H4Cl2F3O2S+. The summed E-state index contributed by atoms with van der Waals surface area (Å²) in [5, 5.41) is 6.35. The molecule has 2 nitrogen and oxygen atoms in total. The highest BCUT2D eigenvalue weighted by molar-refractivity contribution is 7.66. The second-order valence-corrected chi connectivity index (χ2v) is 4.32. The third-order valence-corrected chi connectivity index (χ3v) is 3.09. The van der Waals surface area contributed by atoms with Crippen molar-refractivity contribution in [1.82, 2.24) is 0 Å². The van der Waals surface area contributed by atoms with E-state index in [1.54, 1.807) is 0 Å². The van der Waals surface area contributed by atoms with E-state index >= 15 is 0 Å². The second kappa shape index (κ2) is 4.73. The minimum Gasteiger partial charge on any atom is -0.506 e. The van der Waals surface area contributed by atoms with Crippen molar-refractivity contribution >= 4 is 34.9 Å². The largest absolute Gasteiger partial charge is 0.506 e. The maximum atomic E-state index is 12.4. The van der Waals surface area contributed by atoms with E-state index in [-0.39, 0.29) is 10.0 Å². The predicted molar refractivity (Wildman–Crippen MR) is 55.0 cm³/mol. The van der Waals surface area contributed by atoms with Gasteiger partial charge in [0, 0.05) is 4.21 Å². The topological polar surface area (TPSA) is 37.3 Å². The number of phenols is 1. The molecule has 0 fully saturated rings. The van der Waals surface area contributed by atoms with Gasteiger partial charge in [-0.1, -0.05) is 23.2 Å². The zero-order valence-corrected chi connectivity index (χ0v) is 9.71. The molecule has 0 bridgehead atoms. The maximum Gasteiger partial charge on any atom is 0.477 e. The molecule has 0 saturated heterocycles. The first-order valence-electron chi connectivity index (χ1n) is 3.80. The number of phenolic OH excluding ortho intramolecular Hbond substituents is 1. The van der Waals surface area contributed by atoms with Crippen molar-refractivity contribution in [3.8, 4) is 5.75 Å². The molecule has 0 amide bonds. The Kier molecular flexibility index (Phi) is 3.98. The Bertz CT molecular complexity index is 422. The Labute approximate surface area is 102 Å². The van der Waals surface area contributed by atoms with Gasteiger partial charge in [-0.3, -0.25) is 0 Å². The number of benzene rings is 1. The van der Waals surface area contributed by atoms with Gasteiger partial charge in [0.2, 0.25) is 0 Å². The molecule has 0 radical (unpaired) electrons. The fourth-order valence-electron chi connectivity index (χ4n) is 1.04. The summed E-state index contributed by atoms with van der Waals surface area (Å²) in [4.78, 5) is 0. The third-order valence-electron chi connectivity index (χ3n) is 1.74. The highest BCUT2D eigenvalue weighted by atomic mass is 35.5. The maximum absolute atomic E-state index is 12.4. The molecule has 0 heterocycles. The number of aromatic hydroxyl groups is 1. The Morgan fingerprint density at radius 2 is 1.81 bits per heavy atom. The highest BCUT2D eigenvalue weighted by Crippen LogP contribution is 2.41. The summed E-state index contributed by atoms with van der Waals surface area (Å²) < 4.78 is 47.7. The van der Waals surface area contributed by atoms with E-state index in [4.69, 9.17) is 28.3 Å². The van der Waals surface area contributed by atoms with Gasteiger partial charge in [0.25, 0.3) is 0 Å². The van der Waals surface area contributed by atoms with Crippen molar-refractivity contribution in [1.29, 1.82) is 0 Å². The van der Waals surface area contributed by atoms with Crippen LogP contribution in [0.1, 0.15) is 10.8 Å². The van der Waals surface area contributed by atoms with Gasteiger partial charge in [0.1, 0.15) is 5.75 Å². The van der Waals surface area contributed by atoms with Gasteiger partial charge in [-0.2, -0.15) is 13.2 Å². The number of hydrogen-bond donors (Lipinski definition) is 1. The lowest BCUT2D eigenvalue weighted by Gasteiger charge is -2.08. The lowest BCUT2D eigenvalue weighted by Crippen LogP contribution is -2.20. The van der Waals surface area contributed by atoms with Crippen LogP contribution in [0.4, 0.5) is 13.2 Å². The Hall–Kier alpha value is -0.590. The van der Waals surface area contributed by atoms with Crippen molar-refractivity contribution < 1.29 is 22.5 Å². The molecule has 1 unspecified atom stereocenters. The summed E-state index contributed by atoms with van der Waals surface area (Å²) in [6.07, 6.45) is -4.74. The smallest absolute Gasteiger partial charge is 0.477 e. The molecule has 8 heteroatoms. The van der Waals surface area contributed by atoms with Crippen molar-refractivity contribution in [2.24, 2.45) is 0 Å². The molecule has 16 heavy (non-hydrogen) atoms. The fraction of sp³-hybridized carbons (Fsp3) is 0.250.